The highest BCUT2D eigenvalue weighted by Crippen LogP contribution is 2.24. The Morgan fingerprint density at radius 1 is 1.17 bits per heavy atom. The second kappa shape index (κ2) is 8.64. The van der Waals surface area contributed by atoms with Crippen molar-refractivity contribution < 1.29 is 22.8 Å². The number of nitrogens with one attached hydrogen (secondary N) is 3. The Kier molecular flexibility index (Phi) is 6.18. The Labute approximate surface area is 174 Å². The highest BCUT2D eigenvalue weighted by molar-refractivity contribution is 7.89. The van der Waals surface area contributed by atoms with Crippen molar-refractivity contribution in [1.29, 1.82) is 0 Å². The van der Waals surface area contributed by atoms with Gasteiger partial charge in [-0.25, -0.2) is 8.42 Å². The largest absolute Gasteiger partial charge is 0.343 e. The summed E-state index contributed by atoms with van der Waals surface area (Å²) in [6.45, 7) is 1.35. The molecule has 3 amide bonds. The number of carbonyl (C=O) groups excluding carboxylic acids is 3. The van der Waals surface area contributed by atoms with Crippen molar-refractivity contribution in [2.45, 2.75) is 18.2 Å². The van der Waals surface area contributed by atoms with Crippen molar-refractivity contribution in [2.24, 2.45) is 0 Å². The molecule has 0 radical (unpaired) electrons. The summed E-state index contributed by atoms with van der Waals surface area (Å²) < 4.78 is 26.7. The Morgan fingerprint density at radius 2 is 1.90 bits per heavy atom. The highest BCUT2D eigenvalue weighted by atomic mass is 32.2. The summed E-state index contributed by atoms with van der Waals surface area (Å²) in [5, 5.41) is 7.67. The summed E-state index contributed by atoms with van der Waals surface area (Å²) in [5.41, 5.74) is 1.84. The van der Waals surface area contributed by atoms with E-state index in [0.29, 0.717) is 5.69 Å². The van der Waals surface area contributed by atoms with E-state index in [1.807, 2.05) is 19.1 Å². The van der Waals surface area contributed by atoms with Crippen LogP contribution in [0.25, 0.3) is 0 Å². The van der Waals surface area contributed by atoms with Gasteiger partial charge in [0.15, 0.2) is 0 Å². The number of aryl methyl sites for hydroxylation is 1. The molecule has 0 fully saturated rings. The van der Waals surface area contributed by atoms with Crippen LogP contribution in [-0.2, 0) is 26.0 Å². The zero-order chi connectivity index (χ0) is 21.9. The Balaban J connectivity index is 1.79. The van der Waals surface area contributed by atoms with E-state index in [2.05, 4.69) is 16.0 Å². The zero-order valence-electron chi connectivity index (χ0n) is 16.6. The summed E-state index contributed by atoms with van der Waals surface area (Å²) in [4.78, 5) is 36.0. The van der Waals surface area contributed by atoms with Crippen LogP contribution in [0, 0.1) is 0 Å². The normalized spacial score (nSPS) is 13.8. The third-order valence-corrected chi connectivity index (χ3v) is 6.47. The SMILES string of the molecule is CCc1ccccc1NC(=O)CN(C)S(=O)(=O)c1ccc2c(c1)C(=O)NCC(=O)N2. The van der Waals surface area contributed by atoms with Gasteiger partial charge >= 0.3 is 0 Å². The third kappa shape index (κ3) is 4.50. The molecule has 0 atom stereocenters. The van der Waals surface area contributed by atoms with Crippen molar-refractivity contribution >= 4 is 39.1 Å². The lowest BCUT2D eigenvalue weighted by molar-refractivity contribution is -0.116. The maximum atomic E-state index is 12.9. The van der Waals surface area contributed by atoms with Crippen LogP contribution < -0.4 is 16.0 Å². The van der Waals surface area contributed by atoms with Crippen LogP contribution in [0.5, 0.6) is 0 Å². The number of carbonyl (C=O) groups is 3. The summed E-state index contributed by atoms with van der Waals surface area (Å²) >= 11 is 0. The molecule has 10 heteroatoms. The molecule has 0 saturated heterocycles. The van der Waals surface area contributed by atoms with E-state index in [1.54, 1.807) is 12.1 Å². The van der Waals surface area contributed by atoms with Gasteiger partial charge in [0.2, 0.25) is 21.8 Å². The van der Waals surface area contributed by atoms with Gasteiger partial charge < -0.3 is 16.0 Å². The number of amides is 3. The minimum absolute atomic E-state index is 0.0386. The van der Waals surface area contributed by atoms with Gasteiger partial charge in [-0.1, -0.05) is 25.1 Å². The van der Waals surface area contributed by atoms with Gasteiger partial charge in [0.05, 0.1) is 29.2 Å². The van der Waals surface area contributed by atoms with Gasteiger partial charge in [-0.3, -0.25) is 14.4 Å². The number of hydrogen-bond acceptors (Lipinski definition) is 5. The lowest BCUT2D eigenvalue weighted by Gasteiger charge is -2.18. The fourth-order valence-electron chi connectivity index (χ4n) is 3.04. The molecule has 2 aromatic rings. The van der Waals surface area contributed by atoms with Gasteiger partial charge in [0.25, 0.3) is 5.91 Å². The van der Waals surface area contributed by atoms with Crippen molar-refractivity contribution in [3.05, 3.63) is 53.6 Å². The molecule has 1 aliphatic heterocycles. The summed E-state index contributed by atoms with van der Waals surface area (Å²) in [5.74, 6) is -1.45. The van der Waals surface area contributed by atoms with Gasteiger partial charge in [0.1, 0.15) is 0 Å². The Hall–Kier alpha value is -3.24. The number of benzene rings is 2. The van der Waals surface area contributed by atoms with Crippen LogP contribution >= 0.6 is 0 Å². The summed E-state index contributed by atoms with van der Waals surface area (Å²) in [6, 6.07) is 11.1. The molecule has 2 aromatic carbocycles. The van der Waals surface area contributed by atoms with E-state index in [9.17, 15) is 22.8 Å². The van der Waals surface area contributed by atoms with E-state index >= 15 is 0 Å². The maximum Gasteiger partial charge on any atom is 0.253 e. The molecule has 0 spiro atoms. The Bertz CT molecular complexity index is 1110. The third-order valence-electron chi connectivity index (χ3n) is 4.67. The molecule has 0 aromatic heterocycles. The summed E-state index contributed by atoms with van der Waals surface area (Å²) in [6.07, 6.45) is 0.721. The van der Waals surface area contributed by atoms with E-state index in [-0.39, 0.29) is 22.7 Å². The van der Waals surface area contributed by atoms with Crippen LogP contribution in [0.15, 0.2) is 47.4 Å². The molecule has 30 heavy (non-hydrogen) atoms. The first-order valence-corrected chi connectivity index (χ1v) is 10.7. The monoisotopic (exact) mass is 430 g/mol. The fraction of sp³-hybridized carbons (Fsp3) is 0.250. The first kappa shape index (κ1) is 21.5. The van der Waals surface area contributed by atoms with E-state index < -0.39 is 34.3 Å². The van der Waals surface area contributed by atoms with Crippen LogP contribution in [0.4, 0.5) is 11.4 Å². The van der Waals surface area contributed by atoms with Crippen molar-refractivity contribution in [1.82, 2.24) is 9.62 Å². The average Bonchev–Trinajstić information content (AvgIpc) is 2.86. The lowest BCUT2D eigenvalue weighted by atomic mass is 10.1. The van der Waals surface area contributed by atoms with Crippen LogP contribution in [-0.4, -0.2) is 50.6 Å². The molecule has 158 valence electrons. The molecule has 0 aliphatic carbocycles. The van der Waals surface area contributed by atoms with Gasteiger partial charge in [0, 0.05) is 12.7 Å². The predicted molar refractivity (Wildman–Crippen MR) is 112 cm³/mol. The molecule has 1 heterocycles. The van der Waals surface area contributed by atoms with E-state index in [0.717, 1.165) is 16.3 Å². The molecule has 3 N–H and O–H groups in total. The Morgan fingerprint density at radius 3 is 2.63 bits per heavy atom. The molecule has 9 nitrogen and oxygen atoms in total. The minimum atomic E-state index is -4.04. The number of likely N-dealkylation sites (N-methyl/N-ethyl adjacent to an activating group) is 1. The molecular formula is C20H22N4O5S. The number of nitrogens with zero attached hydrogens (tertiary/aromatic N) is 1. The second-order valence-electron chi connectivity index (χ2n) is 6.76. The number of hydrogen-bond donors (Lipinski definition) is 3. The minimum Gasteiger partial charge on any atom is -0.343 e. The van der Waals surface area contributed by atoms with Crippen LogP contribution in [0.2, 0.25) is 0 Å². The van der Waals surface area contributed by atoms with E-state index in [4.69, 9.17) is 0 Å². The lowest BCUT2D eigenvalue weighted by Crippen LogP contribution is -2.35. The van der Waals surface area contributed by atoms with Gasteiger partial charge in [-0.05, 0) is 36.2 Å². The van der Waals surface area contributed by atoms with Gasteiger partial charge in [-0.15, -0.1) is 0 Å². The number of sulfonamides is 1. The molecule has 3 rings (SSSR count). The first-order valence-electron chi connectivity index (χ1n) is 9.28. The molecule has 1 aliphatic rings. The van der Waals surface area contributed by atoms with Crippen LogP contribution in [0.1, 0.15) is 22.8 Å². The molecule has 0 unspecified atom stereocenters. The maximum absolute atomic E-state index is 12.9. The number of anilines is 2. The van der Waals surface area contributed by atoms with Crippen molar-refractivity contribution in [3.63, 3.8) is 0 Å². The zero-order valence-corrected chi connectivity index (χ0v) is 17.4. The fourth-order valence-corrected chi connectivity index (χ4v) is 4.19. The van der Waals surface area contributed by atoms with Crippen LogP contribution in [0.3, 0.4) is 0 Å². The van der Waals surface area contributed by atoms with Gasteiger partial charge in [-0.2, -0.15) is 4.31 Å². The molecular weight excluding hydrogens is 408 g/mol. The quantitative estimate of drug-likeness (QED) is 0.635. The van der Waals surface area contributed by atoms with Crippen molar-refractivity contribution in [3.8, 4) is 0 Å². The number of fused-ring (bicyclic) bond motifs is 1. The highest BCUT2D eigenvalue weighted by Gasteiger charge is 2.27. The predicted octanol–water partition coefficient (Wildman–Crippen LogP) is 1.19. The first-order chi connectivity index (χ1) is 14.2. The molecule has 0 bridgehead atoms. The summed E-state index contributed by atoms with van der Waals surface area (Å²) in [7, 11) is -2.76. The number of rotatable bonds is 6. The van der Waals surface area contributed by atoms with E-state index in [1.165, 1.54) is 25.2 Å². The molecule has 0 saturated carbocycles. The topological polar surface area (TPSA) is 125 Å². The smallest absolute Gasteiger partial charge is 0.253 e. The van der Waals surface area contributed by atoms with Crippen molar-refractivity contribution in [2.75, 3.05) is 30.8 Å². The number of para-hydroxylation sites is 1. The second-order valence-corrected chi connectivity index (χ2v) is 8.80. The average molecular weight is 430 g/mol. The standard InChI is InChI=1S/C20H22N4O5S/c1-3-13-6-4-5-7-16(13)22-19(26)12-24(2)30(28,29)14-8-9-17-15(10-14)20(27)21-11-18(25)23-17/h4-10H,3,11-12H2,1-2H3,(H,21,27)(H,22,26)(H,23,25).